The quantitative estimate of drug-likeness (QED) is 0.376. The number of hydrogen-bond acceptors (Lipinski definition) is 4. The van der Waals surface area contributed by atoms with Crippen LogP contribution in [0, 0.1) is 5.41 Å². The van der Waals surface area contributed by atoms with E-state index in [1.165, 1.54) is 0 Å². The Morgan fingerprint density at radius 3 is 1.50 bits per heavy atom. The van der Waals surface area contributed by atoms with Crippen LogP contribution in [-0.4, -0.2) is 55.2 Å². The van der Waals surface area contributed by atoms with E-state index in [0.717, 1.165) is 6.42 Å². The SMILES string of the molecule is O.O=C([O-])C1(C(=O)[O-])CCCCC1.[Ca+2]. The zero-order valence-electron chi connectivity index (χ0n) is 7.88. The van der Waals surface area contributed by atoms with Crippen LogP contribution in [0.5, 0.6) is 0 Å². The van der Waals surface area contributed by atoms with Gasteiger partial charge in [0.05, 0.1) is 11.9 Å². The summed E-state index contributed by atoms with van der Waals surface area (Å²) in [5.41, 5.74) is -1.71. The molecule has 1 rings (SSSR count). The van der Waals surface area contributed by atoms with Crippen molar-refractivity contribution in [2.24, 2.45) is 5.41 Å². The van der Waals surface area contributed by atoms with E-state index < -0.39 is 17.4 Å². The van der Waals surface area contributed by atoms with Gasteiger partial charge in [-0.05, 0) is 12.8 Å². The molecule has 1 aliphatic rings. The van der Waals surface area contributed by atoms with Crippen LogP contribution in [-0.2, 0) is 9.59 Å². The molecular weight excluding hydrogens is 216 g/mol. The molecule has 0 bridgehead atoms. The number of rotatable bonds is 2. The molecule has 0 aromatic rings. The van der Waals surface area contributed by atoms with E-state index in [2.05, 4.69) is 0 Å². The van der Waals surface area contributed by atoms with Gasteiger partial charge in [0, 0.05) is 5.41 Å². The van der Waals surface area contributed by atoms with E-state index in [9.17, 15) is 19.8 Å². The van der Waals surface area contributed by atoms with Gasteiger partial charge in [0.25, 0.3) is 0 Å². The maximum absolute atomic E-state index is 10.6. The molecule has 0 aromatic carbocycles. The van der Waals surface area contributed by atoms with Gasteiger partial charge in [-0.2, -0.15) is 0 Å². The zero-order chi connectivity index (χ0) is 9.19. The van der Waals surface area contributed by atoms with Crippen LogP contribution in [0.1, 0.15) is 32.1 Å². The molecule has 0 saturated heterocycles. The third kappa shape index (κ3) is 3.08. The summed E-state index contributed by atoms with van der Waals surface area (Å²) in [4.78, 5) is 21.2. The van der Waals surface area contributed by atoms with Gasteiger partial charge in [0.1, 0.15) is 0 Å². The van der Waals surface area contributed by atoms with Crippen molar-refractivity contribution in [3.8, 4) is 0 Å². The van der Waals surface area contributed by atoms with Gasteiger partial charge < -0.3 is 25.3 Å². The summed E-state index contributed by atoms with van der Waals surface area (Å²) in [5, 5.41) is 21.2. The van der Waals surface area contributed by atoms with Crippen molar-refractivity contribution in [2.45, 2.75) is 32.1 Å². The fourth-order valence-electron chi connectivity index (χ4n) is 1.65. The van der Waals surface area contributed by atoms with Crippen LogP contribution in [0.25, 0.3) is 0 Å². The van der Waals surface area contributed by atoms with Gasteiger partial charge in [0.2, 0.25) is 0 Å². The number of carbonyl (C=O) groups is 2. The van der Waals surface area contributed by atoms with Gasteiger partial charge in [-0.3, -0.25) is 0 Å². The first-order chi connectivity index (χ1) is 5.59. The standard InChI is InChI=1S/C8H12O4.Ca.H2O/c9-6(10)8(7(11)12)4-2-1-3-5-8;;/h1-5H2,(H,9,10)(H,11,12);;1H2/q;+2;/p-2. The largest absolute Gasteiger partial charge is 2.00 e. The number of hydrogen-bond donors (Lipinski definition) is 0. The Morgan fingerprint density at radius 1 is 0.929 bits per heavy atom. The van der Waals surface area contributed by atoms with Gasteiger partial charge in [-0.25, -0.2) is 0 Å². The second-order valence-corrected chi connectivity index (χ2v) is 3.22. The summed E-state index contributed by atoms with van der Waals surface area (Å²) in [7, 11) is 0. The Balaban J connectivity index is 0. The second kappa shape index (κ2) is 6.61. The molecule has 0 atom stereocenters. The molecule has 2 N–H and O–H groups in total. The smallest absolute Gasteiger partial charge is 0.549 e. The number of carbonyl (C=O) groups excluding carboxylic acids is 2. The van der Waals surface area contributed by atoms with Crippen molar-refractivity contribution >= 4 is 49.7 Å². The van der Waals surface area contributed by atoms with E-state index in [1.54, 1.807) is 0 Å². The first-order valence-corrected chi connectivity index (χ1v) is 4.02. The van der Waals surface area contributed by atoms with Gasteiger partial charge in [-0.1, -0.05) is 19.3 Å². The third-order valence-electron chi connectivity index (χ3n) is 2.49. The first-order valence-electron chi connectivity index (χ1n) is 4.02. The zero-order valence-corrected chi connectivity index (χ0v) is 10.1. The minimum absolute atomic E-state index is 0. The summed E-state index contributed by atoms with van der Waals surface area (Å²) in [6.45, 7) is 0. The Labute approximate surface area is 112 Å². The maximum Gasteiger partial charge on any atom is 2.00 e. The molecule has 0 radical (unpaired) electrons. The molecular formula is C8H12CaO5. The minimum atomic E-state index is -1.71. The Hall–Kier alpha value is 0.160. The van der Waals surface area contributed by atoms with Crippen molar-refractivity contribution < 1.29 is 25.3 Å². The monoisotopic (exact) mass is 228 g/mol. The topological polar surface area (TPSA) is 112 Å². The molecule has 1 fully saturated rings. The van der Waals surface area contributed by atoms with Gasteiger partial charge in [0.15, 0.2) is 0 Å². The van der Waals surface area contributed by atoms with E-state index in [1.807, 2.05) is 0 Å². The van der Waals surface area contributed by atoms with Crippen LogP contribution in [0.15, 0.2) is 0 Å². The molecule has 0 aromatic heterocycles. The molecule has 0 heterocycles. The molecule has 0 amide bonds. The summed E-state index contributed by atoms with van der Waals surface area (Å²) in [6, 6.07) is 0. The molecule has 14 heavy (non-hydrogen) atoms. The van der Waals surface area contributed by atoms with Crippen LogP contribution in [0.3, 0.4) is 0 Å². The Kier molecular flexibility index (Phi) is 7.83. The fourth-order valence-corrected chi connectivity index (χ4v) is 1.65. The van der Waals surface area contributed by atoms with Crippen molar-refractivity contribution in [3.05, 3.63) is 0 Å². The van der Waals surface area contributed by atoms with Crippen LogP contribution in [0.2, 0.25) is 0 Å². The van der Waals surface area contributed by atoms with Crippen molar-refractivity contribution in [1.29, 1.82) is 0 Å². The van der Waals surface area contributed by atoms with Crippen molar-refractivity contribution in [2.75, 3.05) is 0 Å². The Morgan fingerprint density at radius 2 is 1.29 bits per heavy atom. The summed E-state index contributed by atoms with van der Waals surface area (Å²) >= 11 is 0. The van der Waals surface area contributed by atoms with Gasteiger partial charge >= 0.3 is 37.7 Å². The van der Waals surface area contributed by atoms with Crippen LogP contribution in [0.4, 0.5) is 0 Å². The number of carboxylic acids is 2. The number of aliphatic carboxylic acids is 2. The molecule has 6 heteroatoms. The normalized spacial score (nSPS) is 18.6. The average molecular weight is 228 g/mol. The molecule has 0 unspecified atom stereocenters. The molecule has 0 aliphatic heterocycles. The average Bonchev–Trinajstić information content (AvgIpc) is 2.05. The second-order valence-electron chi connectivity index (χ2n) is 3.22. The Bertz CT molecular complexity index is 194. The van der Waals surface area contributed by atoms with Crippen LogP contribution >= 0.6 is 0 Å². The first kappa shape index (κ1) is 16.6. The maximum atomic E-state index is 10.6. The summed E-state index contributed by atoms with van der Waals surface area (Å²) in [6.07, 6.45) is 2.45. The van der Waals surface area contributed by atoms with E-state index in [4.69, 9.17) is 0 Å². The van der Waals surface area contributed by atoms with E-state index in [-0.39, 0.29) is 56.1 Å². The molecule has 5 nitrogen and oxygen atoms in total. The molecule has 0 spiro atoms. The summed E-state index contributed by atoms with van der Waals surface area (Å²) < 4.78 is 0. The number of carboxylic acid groups (broad SMARTS) is 2. The predicted octanol–water partition coefficient (Wildman–Crippen LogP) is -2.77. The summed E-state index contributed by atoms with van der Waals surface area (Å²) in [5.74, 6) is -3.00. The molecule has 76 valence electrons. The predicted molar refractivity (Wildman–Crippen MR) is 44.9 cm³/mol. The van der Waals surface area contributed by atoms with E-state index in [0.29, 0.717) is 12.8 Å². The third-order valence-corrected chi connectivity index (χ3v) is 2.49. The van der Waals surface area contributed by atoms with Crippen LogP contribution < -0.4 is 10.2 Å². The fraction of sp³-hybridized carbons (Fsp3) is 0.750. The van der Waals surface area contributed by atoms with Crippen molar-refractivity contribution in [1.82, 2.24) is 0 Å². The molecule has 1 saturated carbocycles. The van der Waals surface area contributed by atoms with Gasteiger partial charge in [-0.15, -0.1) is 0 Å². The van der Waals surface area contributed by atoms with Crippen molar-refractivity contribution in [3.63, 3.8) is 0 Å². The molecule has 1 aliphatic carbocycles. The minimum Gasteiger partial charge on any atom is -0.549 e. The van der Waals surface area contributed by atoms with E-state index >= 15 is 0 Å².